The quantitative estimate of drug-likeness (QED) is 0.885. The van der Waals surface area contributed by atoms with E-state index in [1.807, 2.05) is 29.2 Å². The highest BCUT2D eigenvalue weighted by molar-refractivity contribution is 5.95. The lowest BCUT2D eigenvalue weighted by Gasteiger charge is -2.17. The molecule has 2 aliphatic heterocycles. The van der Waals surface area contributed by atoms with Crippen LogP contribution in [0.3, 0.4) is 0 Å². The molecule has 2 saturated heterocycles. The SMILES string of the molecule is Cl.O=C(NCc1cccc(N2CCCC2=O)c1)C1CCCN1. The lowest BCUT2D eigenvalue weighted by atomic mass is 10.1. The van der Waals surface area contributed by atoms with Gasteiger partial charge >= 0.3 is 0 Å². The first-order chi connectivity index (χ1) is 10.2. The molecule has 1 atom stereocenters. The number of hydrogen-bond donors (Lipinski definition) is 2. The van der Waals surface area contributed by atoms with Crippen LogP contribution in [-0.4, -0.2) is 30.9 Å². The number of halogens is 1. The van der Waals surface area contributed by atoms with Crippen molar-refractivity contribution in [1.82, 2.24) is 10.6 Å². The van der Waals surface area contributed by atoms with E-state index in [-0.39, 0.29) is 30.3 Å². The van der Waals surface area contributed by atoms with Crippen LogP contribution in [0.5, 0.6) is 0 Å². The second-order valence-electron chi connectivity index (χ2n) is 5.69. The molecule has 6 heteroatoms. The molecular weight excluding hydrogens is 302 g/mol. The Kier molecular flexibility index (Phi) is 5.80. The fourth-order valence-corrected chi connectivity index (χ4v) is 2.98. The van der Waals surface area contributed by atoms with E-state index in [4.69, 9.17) is 0 Å². The molecule has 1 unspecified atom stereocenters. The number of nitrogens with zero attached hydrogens (tertiary/aromatic N) is 1. The molecule has 2 N–H and O–H groups in total. The second-order valence-corrected chi connectivity index (χ2v) is 5.69. The van der Waals surface area contributed by atoms with Crippen molar-refractivity contribution in [2.75, 3.05) is 18.0 Å². The van der Waals surface area contributed by atoms with Gasteiger partial charge < -0.3 is 15.5 Å². The van der Waals surface area contributed by atoms with Crippen LogP contribution in [-0.2, 0) is 16.1 Å². The van der Waals surface area contributed by atoms with E-state index in [1.165, 1.54) is 0 Å². The Bertz CT molecular complexity index is 544. The Balaban J connectivity index is 0.00000176. The van der Waals surface area contributed by atoms with E-state index in [1.54, 1.807) is 0 Å². The first-order valence-electron chi connectivity index (χ1n) is 7.64. The van der Waals surface area contributed by atoms with E-state index >= 15 is 0 Å². The third-order valence-electron chi connectivity index (χ3n) is 4.14. The van der Waals surface area contributed by atoms with E-state index in [9.17, 15) is 9.59 Å². The van der Waals surface area contributed by atoms with Crippen LogP contribution in [0.1, 0.15) is 31.2 Å². The minimum absolute atomic E-state index is 0. The van der Waals surface area contributed by atoms with Crippen molar-refractivity contribution < 1.29 is 9.59 Å². The molecule has 0 aliphatic carbocycles. The van der Waals surface area contributed by atoms with Crippen LogP contribution in [0.25, 0.3) is 0 Å². The zero-order valence-electron chi connectivity index (χ0n) is 12.5. The second kappa shape index (κ2) is 7.61. The topological polar surface area (TPSA) is 61.4 Å². The van der Waals surface area contributed by atoms with Crippen LogP contribution in [0.2, 0.25) is 0 Å². The number of nitrogens with one attached hydrogen (secondary N) is 2. The highest BCUT2D eigenvalue weighted by Gasteiger charge is 2.23. The number of rotatable bonds is 4. The molecule has 22 heavy (non-hydrogen) atoms. The Hall–Kier alpha value is -1.59. The number of hydrogen-bond acceptors (Lipinski definition) is 3. The molecule has 2 aliphatic rings. The van der Waals surface area contributed by atoms with Gasteiger partial charge in [-0.3, -0.25) is 9.59 Å². The minimum Gasteiger partial charge on any atom is -0.351 e. The highest BCUT2D eigenvalue weighted by Crippen LogP contribution is 2.22. The van der Waals surface area contributed by atoms with Gasteiger partial charge in [-0.15, -0.1) is 12.4 Å². The number of anilines is 1. The maximum absolute atomic E-state index is 12.0. The largest absolute Gasteiger partial charge is 0.351 e. The Labute approximate surface area is 136 Å². The normalized spacial score (nSPS) is 20.8. The van der Waals surface area contributed by atoms with Crippen LogP contribution in [0.4, 0.5) is 5.69 Å². The lowest BCUT2D eigenvalue weighted by molar-refractivity contribution is -0.123. The Morgan fingerprint density at radius 1 is 1.36 bits per heavy atom. The van der Waals surface area contributed by atoms with E-state index < -0.39 is 0 Å². The maximum atomic E-state index is 12.0. The first-order valence-corrected chi connectivity index (χ1v) is 7.64. The van der Waals surface area contributed by atoms with Gasteiger partial charge in [0.1, 0.15) is 0 Å². The third kappa shape index (κ3) is 3.78. The van der Waals surface area contributed by atoms with Crippen molar-refractivity contribution in [3.8, 4) is 0 Å². The minimum atomic E-state index is -0.0478. The highest BCUT2D eigenvalue weighted by atomic mass is 35.5. The van der Waals surface area contributed by atoms with Crippen LogP contribution in [0, 0.1) is 0 Å². The molecule has 2 amide bonds. The third-order valence-corrected chi connectivity index (χ3v) is 4.14. The fourth-order valence-electron chi connectivity index (χ4n) is 2.98. The van der Waals surface area contributed by atoms with E-state index in [0.29, 0.717) is 13.0 Å². The molecule has 1 aromatic rings. The molecule has 0 spiro atoms. The summed E-state index contributed by atoms with van der Waals surface area (Å²) in [7, 11) is 0. The maximum Gasteiger partial charge on any atom is 0.237 e. The monoisotopic (exact) mass is 323 g/mol. The number of benzene rings is 1. The molecule has 5 nitrogen and oxygen atoms in total. The molecule has 120 valence electrons. The molecule has 0 radical (unpaired) electrons. The van der Waals surface area contributed by atoms with Crippen molar-refractivity contribution in [2.24, 2.45) is 0 Å². The van der Waals surface area contributed by atoms with Crippen LogP contribution >= 0.6 is 12.4 Å². The van der Waals surface area contributed by atoms with Gasteiger partial charge in [-0.2, -0.15) is 0 Å². The smallest absolute Gasteiger partial charge is 0.237 e. The molecular formula is C16H22ClN3O2. The average molecular weight is 324 g/mol. The first kappa shape index (κ1) is 16.8. The summed E-state index contributed by atoms with van der Waals surface area (Å²) in [5.74, 6) is 0.251. The summed E-state index contributed by atoms with van der Waals surface area (Å²) in [4.78, 5) is 25.6. The summed E-state index contributed by atoms with van der Waals surface area (Å²) >= 11 is 0. The van der Waals surface area contributed by atoms with E-state index in [0.717, 1.165) is 43.6 Å². The predicted octanol–water partition coefficient (Wildman–Crippen LogP) is 1.60. The van der Waals surface area contributed by atoms with Crippen LogP contribution in [0.15, 0.2) is 24.3 Å². The van der Waals surface area contributed by atoms with Gasteiger partial charge in [0.15, 0.2) is 0 Å². The molecule has 1 aromatic carbocycles. The van der Waals surface area contributed by atoms with Gasteiger partial charge in [-0.25, -0.2) is 0 Å². The van der Waals surface area contributed by atoms with Gasteiger partial charge in [0.2, 0.25) is 11.8 Å². The summed E-state index contributed by atoms with van der Waals surface area (Å²) in [6.07, 6.45) is 3.53. The summed E-state index contributed by atoms with van der Waals surface area (Å²) in [5, 5.41) is 6.15. The van der Waals surface area contributed by atoms with Crippen molar-refractivity contribution >= 4 is 29.9 Å². The van der Waals surface area contributed by atoms with E-state index in [2.05, 4.69) is 10.6 Å². The van der Waals surface area contributed by atoms with Crippen molar-refractivity contribution in [1.29, 1.82) is 0 Å². The summed E-state index contributed by atoms with van der Waals surface area (Å²) in [6.45, 7) is 2.22. The zero-order chi connectivity index (χ0) is 14.7. The number of carbonyl (C=O) groups is 2. The van der Waals surface area contributed by atoms with Gasteiger partial charge in [0.05, 0.1) is 6.04 Å². The van der Waals surface area contributed by atoms with Crippen LogP contribution < -0.4 is 15.5 Å². The Morgan fingerprint density at radius 2 is 2.23 bits per heavy atom. The summed E-state index contributed by atoms with van der Waals surface area (Å²) in [5.41, 5.74) is 1.96. The van der Waals surface area contributed by atoms with Gasteiger partial charge in [0, 0.05) is 25.2 Å². The van der Waals surface area contributed by atoms with Crippen molar-refractivity contribution in [3.05, 3.63) is 29.8 Å². The fraction of sp³-hybridized carbons (Fsp3) is 0.500. The number of amides is 2. The van der Waals surface area contributed by atoms with Gasteiger partial charge in [0.25, 0.3) is 0 Å². The van der Waals surface area contributed by atoms with Gasteiger partial charge in [-0.05, 0) is 43.5 Å². The molecule has 0 bridgehead atoms. The standard InChI is InChI=1S/C16H21N3O2.ClH/c20-15-7-3-9-19(15)13-5-1-4-12(10-13)11-18-16(21)14-6-2-8-17-14;/h1,4-5,10,14,17H,2-3,6-9,11H2,(H,18,21);1H. The van der Waals surface area contributed by atoms with Crippen molar-refractivity contribution in [3.63, 3.8) is 0 Å². The lowest BCUT2D eigenvalue weighted by Crippen LogP contribution is -2.40. The molecule has 2 heterocycles. The molecule has 2 fully saturated rings. The number of carbonyl (C=O) groups excluding carboxylic acids is 2. The average Bonchev–Trinajstić information content (AvgIpc) is 3.16. The van der Waals surface area contributed by atoms with Gasteiger partial charge in [-0.1, -0.05) is 12.1 Å². The molecule has 0 aromatic heterocycles. The predicted molar refractivity (Wildman–Crippen MR) is 88.1 cm³/mol. The zero-order valence-corrected chi connectivity index (χ0v) is 13.3. The Morgan fingerprint density at radius 3 is 2.91 bits per heavy atom. The summed E-state index contributed by atoms with van der Waals surface area (Å²) in [6, 6.07) is 7.81. The molecule has 0 saturated carbocycles. The van der Waals surface area contributed by atoms with Crippen molar-refractivity contribution in [2.45, 2.75) is 38.3 Å². The summed E-state index contributed by atoms with van der Waals surface area (Å²) < 4.78 is 0. The molecule has 3 rings (SSSR count).